The first-order valence-corrected chi connectivity index (χ1v) is 4.77. The first-order chi connectivity index (χ1) is 7.89. The van der Waals surface area contributed by atoms with E-state index >= 15 is 0 Å². The van der Waals surface area contributed by atoms with E-state index in [9.17, 15) is 35.5 Å². The zero-order chi connectivity index (χ0) is 14.8. The maximum absolute atomic E-state index is 12.9. The van der Waals surface area contributed by atoms with Crippen LogP contribution in [0.5, 0.6) is 0 Å². The molecule has 106 valence electrons. The average Bonchev–Trinajstić information content (AvgIpc) is 2.25. The second-order valence-electron chi connectivity index (χ2n) is 3.82. The molecule has 0 unspecified atom stereocenters. The summed E-state index contributed by atoms with van der Waals surface area (Å²) < 4.78 is 87.9. The molecular weight excluding hydrogens is 269 g/mol. The zero-order valence-corrected chi connectivity index (χ0v) is 9.38. The Balaban J connectivity index is 4.92. The maximum Gasteiger partial charge on any atom is 0.374 e. The number of allylic oxidation sites excluding steroid dienone is 1. The molecule has 0 heterocycles. The van der Waals surface area contributed by atoms with E-state index in [0.29, 0.717) is 0 Å². The summed E-state index contributed by atoms with van der Waals surface area (Å²) in [5, 5.41) is 0. The van der Waals surface area contributed by atoms with Crippen LogP contribution in [0.25, 0.3) is 0 Å². The number of carbonyl (C=O) groups is 1. The highest BCUT2D eigenvalue weighted by molar-refractivity contribution is 5.94. The van der Waals surface area contributed by atoms with Gasteiger partial charge < -0.3 is 0 Å². The lowest BCUT2D eigenvalue weighted by Crippen LogP contribution is -2.55. The van der Waals surface area contributed by atoms with Gasteiger partial charge in [-0.1, -0.05) is 6.58 Å². The summed E-state index contributed by atoms with van der Waals surface area (Å²) in [6.07, 6.45) is -2.87. The van der Waals surface area contributed by atoms with E-state index in [4.69, 9.17) is 0 Å². The number of halogens is 7. The molecule has 0 amide bonds. The van der Waals surface area contributed by atoms with Gasteiger partial charge in [0.1, 0.15) is 0 Å². The molecule has 0 fully saturated rings. The first-order valence-electron chi connectivity index (χ1n) is 4.77. The summed E-state index contributed by atoms with van der Waals surface area (Å²) in [6.45, 7) is 1.34. The third kappa shape index (κ3) is 3.23. The summed E-state index contributed by atoms with van der Waals surface area (Å²) >= 11 is 0. The van der Waals surface area contributed by atoms with Crippen LogP contribution in [0.15, 0.2) is 12.2 Å². The zero-order valence-electron chi connectivity index (χ0n) is 9.38. The predicted octanol–water partition coefficient (Wildman–Crippen LogP) is 3.79. The highest BCUT2D eigenvalue weighted by atomic mass is 19.3. The molecule has 0 radical (unpaired) electrons. The van der Waals surface area contributed by atoms with Gasteiger partial charge in [0.05, 0.1) is 0 Å². The summed E-state index contributed by atoms with van der Waals surface area (Å²) in [5.41, 5.74) is -0.161. The summed E-state index contributed by atoms with van der Waals surface area (Å²) in [6, 6.07) is 0. The van der Waals surface area contributed by atoms with Crippen molar-refractivity contribution in [2.45, 2.75) is 37.5 Å². The molecule has 0 aliphatic carbocycles. The number of carbonyl (C=O) groups excluding carboxylic acids is 1. The van der Waals surface area contributed by atoms with Crippen molar-refractivity contribution in [1.29, 1.82) is 0 Å². The van der Waals surface area contributed by atoms with Gasteiger partial charge in [-0.25, -0.2) is 4.39 Å². The Bertz CT molecular complexity index is 335. The standard InChI is InChI=1S/C10H11F7O/c1-6(2)7(18)3-4-8(12,13)10(16,17)9(14,15)5-11/h1,3-5H2,2H3. The number of rotatable bonds is 7. The van der Waals surface area contributed by atoms with E-state index in [2.05, 4.69) is 6.58 Å². The normalized spacial score (nSPS) is 13.6. The quantitative estimate of drug-likeness (QED) is 0.512. The van der Waals surface area contributed by atoms with E-state index in [-0.39, 0.29) is 5.57 Å². The van der Waals surface area contributed by atoms with E-state index in [1.54, 1.807) is 0 Å². The molecule has 18 heavy (non-hydrogen) atoms. The fourth-order valence-electron chi connectivity index (χ4n) is 0.992. The Labute approximate surface area is 98.7 Å². The Morgan fingerprint density at radius 1 is 1.06 bits per heavy atom. The van der Waals surface area contributed by atoms with Crippen molar-refractivity contribution in [3.05, 3.63) is 12.2 Å². The van der Waals surface area contributed by atoms with E-state index < -0.39 is 43.1 Å². The number of Topliss-reactive ketones (excluding diaryl/α,β-unsaturated/α-hetero) is 1. The second kappa shape index (κ2) is 5.27. The molecule has 0 atom stereocenters. The molecule has 0 rings (SSSR count). The average molecular weight is 280 g/mol. The first kappa shape index (κ1) is 16.9. The van der Waals surface area contributed by atoms with Crippen molar-refractivity contribution < 1.29 is 35.5 Å². The molecule has 8 heteroatoms. The van der Waals surface area contributed by atoms with Crippen LogP contribution in [0.2, 0.25) is 0 Å². The lowest BCUT2D eigenvalue weighted by atomic mass is 9.98. The molecular formula is C10H11F7O. The van der Waals surface area contributed by atoms with Gasteiger partial charge in [-0.15, -0.1) is 0 Å². The van der Waals surface area contributed by atoms with Crippen molar-refractivity contribution in [1.82, 2.24) is 0 Å². The van der Waals surface area contributed by atoms with Gasteiger partial charge in [-0.05, 0) is 12.5 Å². The van der Waals surface area contributed by atoms with Gasteiger partial charge in [0, 0.05) is 12.8 Å². The van der Waals surface area contributed by atoms with Crippen LogP contribution in [0, 0.1) is 0 Å². The van der Waals surface area contributed by atoms with Gasteiger partial charge in [-0.3, -0.25) is 4.79 Å². The van der Waals surface area contributed by atoms with Crippen molar-refractivity contribution in [3.8, 4) is 0 Å². The smallest absolute Gasteiger partial charge is 0.295 e. The van der Waals surface area contributed by atoms with Gasteiger partial charge in [-0.2, -0.15) is 26.3 Å². The second-order valence-corrected chi connectivity index (χ2v) is 3.82. The monoisotopic (exact) mass is 280 g/mol. The van der Waals surface area contributed by atoms with Crippen LogP contribution in [0.3, 0.4) is 0 Å². The Morgan fingerprint density at radius 2 is 1.50 bits per heavy atom. The van der Waals surface area contributed by atoms with Crippen molar-refractivity contribution >= 4 is 5.78 Å². The molecule has 0 N–H and O–H groups in total. The topological polar surface area (TPSA) is 17.1 Å². The van der Waals surface area contributed by atoms with Crippen LogP contribution in [-0.2, 0) is 4.79 Å². The highest BCUT2D eigenvalue weighted by Crippen LogP contribution is 2.48. The van der Waals surface area contributed by atoms with E-state index in [1.165, 1.54) is 0 Å². The van der Waals surface area contributed by atoms with E-state index in [0.717, 1.165) is 6.92 Å². The highest BCUT2D eigenvalue weighted by Gasteiger charge is 2.71. The van der Waals surface area contributed by atoms with Crippen molar-refractivity contribution in [2.75, 3.05) is 6.67 Å². The van der Waals surface area contributed by atoms with Gasteiger partial charge in [0.2, 0.25) is 0 Å². The Kier molecular flexibility index (Phi) is 4.96. The SMILES string of the molecule is C=C(C)C(=O)CCC(F)(F)C(F)(F)C(F)(F)CF. The lowest BCUT2D eigenvalue weighted by molar-refractivity contribution is -0.313. The molecule has 0 bridgehead atoms. The number of hydrogen-bond donors (Lipinski definition) is 0. The molecule has 1 nitrogen and oxygen atoms in total. The molecule has 0 saturated carbocycles. The molecule has 0 spiro atoms. The fourth-order valence-corrected chi connectivity index (χ4v) is 0.992. The minimum absolute atomic E-state index is 0.161. The minimum Gasteiger partial charge on any atom is -0.295 e. The van der Waals surface area contributed by atoms with Gasteiger partial charge in [0.15, 0.2) is 12.5 Å². The van der Waals surface area contributed by atoms with Crippen LogP contribution in [0.4, 0.5) is 30.7 Å². The Hall–Kier alpha value is -1.08. The van der Waals surface area contributed by atoms with Crippen LogP contribution in [0.1, 0.15) is 19.8 Å². The maximum atomic E-state index is 12.9. The van der Waals surface area contributed by atoms with Gasteiger partial charge in [0.25, 0.3) is 0 Å². The van der Waals surface area contributed by atoms with Crippen molar-refractivity contribution in [3.63, 3.8) is 0 Å². The lowest BCUT2D eigenvalue weighted by Gasteiger charge is -2.31. The van der Waals surface area contributed by atoms with Crippen LogP contribution in [-0.4, -0.2) is 30.2 Å². The molecule has 0 aliphatic heterocycles. The van der Waals surface area contributed by atoms with Crippen LogP contribution >= 0.6 is 0 Å². The molecule has 0 saturated heterocycles. The third-order valence-electron chi connectivity index (χ3n) is 2.23. The number of ketones is 1. The molecule has 0 aliphatic rings. The minimum atomic E-state index is -5.86. The number of alkyl halides is 7. The largest absolute Gasteiger partial charge is 0.374 e. The van der Waals surface area contributed by atoms with Gasteiger partial charge >= 0.3 is 17.8 Å². The summed E-state index contributed by atoms with van der Waals surface area (Å²) in [4.78, 5) is 10.9. The summed E-state index contributed by atoms with van der Waals surface area (Å²) in [5.74, 6) is -17.5. The molecule has 0 aromatic heterocycles. The predicted molar refractivity (Wildman–Crippen MR) is 49.9 cm³/mol. The molecule has 0 aromatic carbocycles. The van der Waals surface area contributed by atoms with E-state index in [1.807, 2.05) is 0 Å². The van der Waals surface area contributed by atoms with Crippen molar-refractivity contribution in [2.24, 2.45) is 0 Å². The fraction of sp³-hybridized carbons (Fsp3) is 0.700. The number of hydrogen-bond acceptors (Lipinski definition) is 1. The third-order valence-corrected chi connectivity index (χ3v) is 2.23. The molecule has 0 aromatic rings. The van der Waals surface area contributed by atoms with Crippen LogP contribution < -0.4 is 0 Å². The Morgan fingerprint density at radius 3 is 1.83 bits per heavy atom. The summed E-state index contributed by atoms with van der Waals surface area (Å²) in [7, 11) is 0.